The van der Waals surface area contributed by atoms with Gasteiger partial charge in [-0.15, -0.1) is 0 Å². The number of ether oxygens (including phenoxy) is 3. The largest absolute Gasteiger partial charge is 0.502 e. The van der Waals surface area contributed by atoms with Crippen molar-refractivity contribution in [2.24, 2.45) is 5.92 Å². The lowest BCUT2D eigenvalue weighted by atomic mass is 9.99. The van der Waals surface area contributed by atoms with Crippen molar-refractivity contribution in [3.05, 3.63) is 17.7 Å². The molecule has 0 aromatic heterocycles. The van der Waals surface area contributed by atoms with Crippen molar-refractivity contribution < 1.29 is 24.1 Å². The maximum atomic E-state index is 12.3. The average molecular weight is 321 g/mol. The van der Waals surface area contributed by atoms with E-state index in [2.05, 4.69) is 4.90 Å². The summed E-state index contributed by atoms with van der Waals surface area (Å²) in [4.78, 5) is 14.8. The van der Waals surface area contributed by atoms with Crippen molar-refractivity contribution in [2.45, 2.75) is 25.3 Å². The van der Waals surface area contributed by atoms with Gasteiger partial charge < -0.3 is 19.3 Å². The molecule has 1 aromatic rings. The number of carbonyl (C=O) groups is 1. The number of fused-ring (bicyclic) bond motifs is 1. The summed E-state index contributed by atoms with van der Waals surface area (Å²) in [6, 6.07) is 3.50. The molecule has 0 spiro atoms. The lowest BCUT2D eigenvalue weighted by Crippen LogP contribution is -2.28. The molecular weight excluding hydrogens is 298 g/mol. The molecule has 3 rings (SSSR count). The van der Waals surface area contributed by atoms with Gasteiger partial charge in [0, 0.05) is 12.0 Å². The second kappa shape index (κ2) is 6.66. The molecule has 0 saturated carbocycles. The SMILES string of the molecule is COc1cc(C(=O)OC[C@@H]2CCN3CCC[C@H]23)cc(OC)c1O. The predicted octanol–water partition coefficient (Wildman–Crippen LogP) is 2.05. The minimum atomic E-state index is -0.418. The Morgan fingerprint density at radius 3 is 2.57 bits per heavy atom. The summed E-state index contributed by atoms with van der Waals surface area (Å²) in [6.07, 6.45) is 3.52. The number of carbonyl (C=O) groups excluding carboxylic acids is 1. The van der Waals surface area contributed by atoms with E-state index in [1.807, 2.05) is 0 Å². The Morgan fingerprint density at radius 1 is 1.22 bits per heavy atom. The van der Waals surface area contributed by atoms with Crippen molar-refractivity contribution in [3.63, 3.8) is 0 Å². The number of benzene rings is 1. The summed E-state index contributed by atoms with van der Waals surface area (Å²) >= 11 is 0. The number of rotatable bonds is 5. The molecule has 0 aliphatic carbocycles. The van der Waals surface area contributed by atoms with E-state index in [0.29, 0.717) is 24.1 Å². The summed E-state index contributed by atoms with van der Waals surface area (Å²) in [5, 5.41) is 9.89. The van der Waals surface area contributed by atoms with Crippen LogP contribution in [0.3, 0.4) is 0 Å². The molecule has 6 heteroatoms. The van der Waals surface area contributed by atoms with Crippen molar-refractivity contribution in [1.29, 1.82) is 0 Å². The van der Waals surface area contributed by atoms with Crippen LogP contribution in [0.25, 0.3) is 0 Å². The molecular formula is C17H23NO5. The monoisotopic (exact) mass is 321 g/mol. The number of hydrogen-bond donors (Lipinski definition) is 1. The number of phenols is 1. The number of aromatic hydroxyl groups is 1. The number of methoxy groups -OCH3 is 2. The van der Waals surface area contributed by atoms with Crippen LogP contribution in [0, 0.1) is 5.92 Å². The van der Waals surface area contributed by atoms with E-state index < -0.39 is 5.97 Å². The molecule has 0 amide bonds. The Balaban J connectivity index is 1.66. The minimum absolute atomic E-state index is 0.121. The molecule has 2 fully saturated rings. The Morgan fingerprint density at radius 2 is 1.91 bits per heavy atom. The third kappa shape index (κ3) is 3.08. The lowest BCUT2D eigenvalue weighted by molar-refractivity contribution is 0.0418. The maximum absolute atomic E-state index is 12.3. The van der Waals surface area contributed by atoms with Gasteiger partial charge >= 0.3 is 5.97 Å². The molecule has 126 valence electrons. The summed E-state index contributed by atoms with van der Waals surface area (Å²) in [5.74, 6) is 0.266. The standard InChI is InChI=1S/C17H23NO5/c1-21-14-8-12(9-15(22-2)16(14)19)17(20)23-10-11-5-7-18-6-3-4-13(11)18/h8-9,11,13,19H,3-7,10H2,1-2H3/t11-,13+/m0/s1. The van der Waals surface area contributed by atoms with E-state index >= 15 is 0 Å². The van der Waals surface area contributed by atoms with Gasteiger partial charge in [-0.05, 0) is 44.5 Å². The van der Waals surface area contributed by atoms with Gasteiger partial charge in [-0.25, -0.2) is 4.79 Å². The molecule has 1 N–H and O–H groups in total. The molecule has 0 unspecified atom stereocenters. The Kier molecular flexibility index (Phi) is 4.61. The van der Waals surface area contributed by atoms with Crippen LogP contribution >= 0.6 is 0 Å². The first-order valence-electron chi connectivity index (χ1n) is 8.00. The van der Waals surface area contributed by atoms with E-state index in [1.54, 1.807) is 0 Å². The number of nitrogens with zero attached hydrogens (tertiary/aromatic N) is 1. The summed E-state index contributed by atoms with van der Waals surface area (Å²) in [6.45, 7) is 2.71. The number of hydrogen-bond acceptors (Lipinski definition) is 6. The molecule has 1 aromatic carbocycles. The van der Waals surface area contributed by atoms with Crippen LogP contribution < -0.4 is 9.47 Å². The van der Waals surface area contributed by atoms with Crippen LogP contribution in [0.5, 0.6) is 17.2 Å². The Bertz CT molecular complexity index is 563. The van der Waals surface area contributed by atoms with Gasteiger partial charge in [0.1, 0.15) is 0 Å². The normalized spacial score (nSPS) is 23.6. The highest BCUT2D eigenvalue weighted by molar-refractivity contribution is 5.91. The summed E-state index contributed by atoms with van der Waals surface area (Å²) in [5.41, 5.74) is 0.317. The zero-order valence-corrected chi connectivity index (χ0v) is 13.6. The molecule has 2 saturated heterocycles. The first-order chi connectivity index (χ1) is 11.1. The zero-order chi connectivity index (χ0) is 16.4. The maximum Gasteiger partial charge on any atom is 0.338 e. The zero-order valence-electron chi connectivity index (χ0n) is 13.6. The summed E-state index contributed by atoms with van der Waals surface area (Å²) < 4.78 is 15.6. The second-order valence-electron chi connectivity index (χ2n) is 6.12. The van der Waals surface area contributed by atoms with Crippen LogP contribution in [-0.4, -0.2) is 55.9 Å². The molecule has 0 radical (unpaired) electrons. The van der Waals surface area contributed by atoms with Gasteiger partial charge in [-0.1, -0.05) is 0 Å². The van der Waals surface area contributed by atoms with Gasteiger partial charge in [0.15, 0.2) is 11.5 Å². The molecule has 2 aliphatic heterocycles. The van der Waals surface area contributed by atoms with E-state index in [1.165, 1.54) is 45.7 Å². The molecule has 2 aliphatic rings. The number of phenolic OH excluding ortho intramolecular Hbond substituents is 1. The van der Waals surface area contributed by atoms with Crippen LogP contribution in [0.1, 0.15) is 29.6 Å². The smallest absolute Gasteiger partial charge is 0.338 e. The third-order valence-electron chi connectivity index (χ3n) is 4.89. The van der Waals surface area contributed by atoms with Gasteiger partial charge in [0.2, 0.25) is 5.75 Å². The van der Waals surface area contributed by atoms with Crippen LogP contribution in [0.15, 0.2) is 12.1 Å². The quantitative estimate of drug-likeness (QED) is 0.837. The van der Waals surface area contributed by atoms with Crippen LogP contribution in [0.2, 0.25) is 0 Å². The van der Waals surface area contributed by atoms with E-state index in [9.17, 15) is 9.90 Å². The Hall–Kier alpha value is -1.95. The molecule has 6 nitrogen and oxygen atoms in total. The summed E-state index contributed by atoms with van der Waals surface area (Å²) in [7, 11) is 2.85. The third-order valence-corrected chi connectivity index (χ3v) is 4.89. The van der Waals surface area contributed by atoms with E-state index in [-0.39, 0.29) is 17.2 Å². The molecule has 23 heavy (non-hydrogen) atoms. The van der Waals surface area contributed by atoms with Gasteiger partial charge in [0.05, 0.1) is 26.4 Å². The first kappa shape index (κ1) is 15.9. The van der Waals surface area contributed by atoms with Crippen molar-refractivity contribution in [2.75, 3.05) is 33.9 Å². The van der Waals surface area contributed by atoms with Gasteiger partial charge in [-0.3, -0.25) is 4.90 Å². The van der Waals surface area contributed by atoms with Gasteiger partial charge in [-0.2, -0.15) is 0 Å². The van der Waals surface area contributed by atoms with Crippen molar-refractivity contribution in [1.82, 2.24) is 4.90 Å². The Labute approximate surface area is 135 Å². The fourth-order valence-corrected chi connectivity index (χ4v) is 3.66. The molecule has 2 heterocycles. The first-order valence-corrected chi connectivity index (χ1v) is 8.00. The van der Waals surface area contributed by atoms with Crippen molar-refractivity contribution in [3.8, 4) is 17.2 Å². The fourth-order valence-electron chi connectivity index (χ4n) is 3.66. The molecule has 0 bridgehead atoms. The highest BCUT2D eigenvalue weighted by atomic mass is 16.5. The highest BCUT2D eigenvalue weighted by Gasteiger charge is 2.37. The van der Waals surface area contributed by atoms with Crippen LogP contribution in [0.4, 0.5) is 0 Å². The van der Waals surface area contributed by atoms with Crippen molar-refractivity contribution >= 4 is 5.97 Å². The van der Waals surface area contributed by atoms with Crippen LogP contribution in [-0.2, 0) is 4.74 Å². The molecule has 2 atom stereocenters. The number of esters is 1. The highest BCUT2D eigenvalue weighted by Crippen LogP contribution is 2.37. The minimum Gasteiger partial charge on any atom is -0.502 e. The average Bonchev–Trinajstić information content (AvgIpc) is 3.16. The van der Waals surface area contributed by atoms with E-state index in [4.69, 9.17) is 14.2 Å². The van der Waals surface area contributed by atoms with E-state index in [0.717, 1.165) is 13.0 Å². The fraction of sp³-hybridized carbons (Fsp3) is 0.588. The predicted molar refractivity (Wildman–Crippen MR) is 84.2 cm³/mol. The topological polar surface area (TPSA) is 68.2 Å². The lowest BCUT2D eigenvalue weighted by Gasteiger charge is -2.20. The second-order valence-corrected chi connectivity index (χ2v) is 6.12. The van der Waals surface area contributed by atoms with Gasteiger partial charge in [0.25, 0.3) is 0 Å².